The van der Waals surface area contributed by atoms with Crippen molar-refractivity contribution in [2.75, 3.05) is 27.4 Å². The van der Waals surface area contributed by atoms with Gasteiger partial charge in [-0.1, -0.05) is 17.7 Å². The van der Waals surface area contributed by atoms with Crippen LogP contribution in [-0.2, 0) is 5.41 Å². The Morgan fingerprint density at radius 3 is 2.45 bits per heavy atom. The molecule has 40 heavy (non-hydrogen) atoms. The second-order valence-corrected chi connectivity index (χ2v) is 9.27. The zero-order valence-corrected chi connectivity index (χ0v) is 22.1. The lowest BCUT2D eigenvalue weighted by atomic mass is 9.79. The number of pyridine rings is 2. The van der Waals surface area contributed by atoms with Crippen molar-refractivity contribution in [3.8, 4) is 22.8 Å². The summed E-state index contributed by atoms with van der Waals surface area (Å²) in [6, 6.07) is 12.2. The van der Waals surface area contributed by atoms with E-state index in [-0.39, 0.29) is 33.3 Å². The number of ether oxygens (including phenoxy) is 2. The number of hydrogen-bond acceptors (Lipinski definition) is 6. The van der Waals surface area contributed by atoms with Gasteiger partial charge in [-0.05, 0) is 55.0 Å². The maximum absolute atomic E-state index is 14.8. The third-order valence-electron chi connectivity index (χ3n) is 6.55. The summed E-state index contributed by atoms with van der Waals surface area (Å²) in [4.78, 5) is 21.6. The molecule has 0 spiro atoms. The van der Waals surface area contributed by atoms with Gasteiger partial charge in [0, 0.05) is 35.9 Å². The molecule has 4 aromatic rings. The summed E-state index contributed by atoms with van der Waals surface area (Å²) in [5.41, 5.74) is -2.53. The normalized spacial score (nSPS) is 13.1. The highest BCUT2D eigenvalue weighted by atomic mass is 35.5. The van der Waals surface area contributed by atoms with E-state index in [9.17, 15) is 27.5 Å². The van der Waals surface area contributed by atoms with Crippen molar-refractivity contribution >= 4 is 28.4 Å². The predicted octanol–water partition coefficient (Wildman–Crippen LogP) is 5.72. The highest BCUT2D eigenvalue weighted by Gasteiger charge is 2.56. The summed E-state index contributed by atoms with van der Waals surface area (Å²) >= 11 is 5.90. The summed E-state index contributed by atoms with van der Waals surface area (Å²) in [5, 5.41) is 12.4. The molecule has 2 aromatic carbocycles. The second-order valence-electron chi connectivity index (χ2n) is 8.87. The van der Waals surface area contributed by atoms with Crippen LogP contribution in [0, 0.1) is 5.82 Å². The number of fused-ring (bicyclic) bond motifs is 1. The van der Waals surface area contributed by atoms with E-state index >= 15 is 0 Å². The number of carbonyl (C=O) groups excluding carboxylic acids is 1. The molecule has 2 aromatic heterocycles. The third kappa shape index (κ3) is 5.52. The molecular weight excluding hydrogens is 554 g/mol. The van der Waals surface area contributed by atoms with Crippen LogP contribution in [0.3, 0.4) is 0 Å². The first kappa shape index (κ1) is 29.0. The fraction of sp³-hybridized carbons (Fsp3) is 0.250. The molecule has 1 unspecified atom stereocenters. The van der Waals surface area contributed by atoms with Gasteiger partial charge >= 0.3 is 6.18 Å². The van der Waals surface area contributed by atoms with Gasteiger partial charge in [-0.15, -0.1) is 0 Å². The predicted molar refractivity (Wildman–Crippen MR) is 141 cm³/mol. The minimum atomic E-state index is -4.95. The summed E-state index contributed by atoms with van der Waals surface area (Å²) in [5.74, 6) is -1.11. The zero-order valence-electron chi connectivity index (χ0n) is 21.4. The Balaban J connectivity index is 1.77. The Bertz CT molecular complexity index is 1550. The molecule has 0 fully saturated rings. The van der Waals surface area contributed by atoms with Crippen LogP contribution in [-0.4, -0.2) is 54.5 Å². The van der Waals surface area contributed by atoms with Gasteiger partial charge in [0.2, 0.25) is 0 Å². The number of aliphatic hydroxyl groups excluding tert-OH is 1. The van der Waals surface area contributed by atoms with Crippen LogP contribution >= 0.6 is 11.6 Å². The Hall–Kier alpha value is -3.96. The van der Waals surface area contributed by atoms with Crippen molar-refractivity contribution < 1.29 is 36.9 Å². The molecule has 0 radical (unpaired) electrons. The van der Waals surface area contributed by atoms with E-state index < -0.39 is 48.6 Å². The molecule has 0 aliphatic rings. The van der Waals surface area contributed by atoms with E-state index in [1.54, 1.807) is 18.3 Å². The first-order chi connectivity index (χ1) is 19.0. The number of benzene rings is 2. The minimum Gasteiger partial charge on any atom is -0.494 e. The molecule has 1 atom stereocenters. The number of hydrogen-bond donors (Lipinski definition) is 2. The van der Waals surface area contributed by atoms with E-state index in [1.165, 1.54) is 44.6 Å². The summed E-state index contributed by atoms with van der Waals surface area (Å²) in [6.45, 7) is -1.79. The molecule has 12 heteroatoms. The molecule has 7 nitrogen and oxygen atoms in total. The lowest BCUT2D eigenvalue weighted by Gasteiger charge is -2.35. The molecule has 0 saturated heterocycles. The maximum Gasteiger partial charge on any atom is 0.401 e. The smallest absolute Gasteiger partial charge is 0.401 e. The average molecular weight is 578 g/mol. The van der Waals surface area contributed by atoms with Crippen molar-refractivity contribution in [2.24, 2.45) is 0 Å². The van der Waals surface area contributed by atoms with Gasteiger partial charge in [0.1, 0.15) is 33.9 Å². The standard InChI is InChI=1S/C28H24ClF4N3O4/c1-39-21-7-8-23(36-25(21)17-5-6-20(30)19(29)13-17)27(9-11-37,28(31,32)33)15-35-26(38)18-12-16-4-3-10-34-24(16)22(14-18)40-2/h3-8,10,12-14,37H,9,11,15H2,1-2H3,(H,35,38). The monoisotopic (exact) mass is 577 g/mol. The van der Waals surface area contributed by atoms with Crippen molar-refractivity contribution in [1.82, 2.24) is 15.3 Å². The number of aliphatic hydroxyl groups is 1. The van der Waals surface area contributed by atoms with Crippen LogP contribution in [0.2, 0.25) is 5.02 Å². The Morgan fingerprint density at radius 2 is 1.80 bits per heavy atom. The minimum absolute atomic E-state index is 0.0217. The van der Waals surface area contributed by atoms with Gasteiger partial charge in [0.05, 0.1) is 24.9 Å². The van der Waals surface area contributed by atoms with Gasteiger partial charge in [-0.2, -0.15) is 13.2 Å². The molecule has 210 valence electrons. The number of aromatic nitrogens is 2. The first-order valence-electron chi connectivity index (χ1n) is 11.9. The average Bonchev–Trinajstić information content (AvgIpc) is 2.94. The maximum atomic E-state index is 14.8. The van der Waals surface area contributed by atoms with Gasteiger partial charge in [-0.25, -0.2) is 9.37 Å². The topological polar surface area (TPSA) is 93.6 Å². The summed E-state index contributed by atoms with van der Waals surface area (Å²) in [7, 11) is 2.70. The van der Waals surface area contributed by atoms with Gasteiger partial charge in [0.25, 0.3) is 5.91 Å². The quantitative estimate of drug-likeness (QED) is 0.247. The highest BCUT2D eigenvalue weighted by molar-refractivity contribution is 6.31. The zero-order chi connectivity index (χ0) is 29.1. The lowest BCUT2D eigenvalue weighted by molar-refractivity contribution is -0.194. The van der Waals surface area contributed by atoms with Gasteiger partial charge in [-0.3, -0.25) is 9.78 Å². The number of alkyl halides is 3. The molecular formula is C28H24ClF4N3O4. The highest BCUT2D eigenvalue weighted by Crippen LogP contribution is 2.44. The van der Waals surface area contributed by atoms with Crippen molar-refractivity contribution in [1.29, 1.82) is 0 Å². The number of nitrogens with zero attached hydrogens (tertiary/aromatic N) is 2. The molecule has 1 amide bonds. The van der Waals surface area contributed by atoms with Crippen LogP contribution in [0.1, 0.15) is 22.5 Å². The Labute approximate surface area is 231 Å². The van der Waals surface area contributed by atoms with Crippen LogP contribution in [0.5, 0.6) is 11.5 Å². The first-order valence-corrected chi connectivity index (χ1v) is 12.3. The Morgan fingerprint density at radius 1 is 1.05 bits per heavy atom. The fourth-order valence-electron chi connectivity index (χ4n) is 4.39. The van der Waals surface area contributed by atoms with Crippen LogP contribution in [0.4, 0.5) is 17.6 Å². The third-order valence-corrected chi connectivity index (χ3v) is 6.84. The van der Waals surface area contributed by atoms with Crippen molar-refractivity contribution in [3.05, 3.63) is 82.9 Å². The van der Waals surface area contributed by atoms with Crippen LogP contribution < -0.4 is 14.8 Å². The lowest BCUT2D eigenvalue weighted by Crippen LogP contribution is -2.52. The fourth-order valence-corrected chi connectivity index (χ4v) is 4.57. The van der Waals surface area contributed by atoms with E-state index in [0.29, 0.717) is 10.9 Å². The second kappa shape index (κ2) is 11.6. The summed E-state index contributed by atoms with van der Waals surface area (Å²) in [6.07, 6.45) is -4.20. The molecule has 4 rings (SSSR count). The largest absolute Gasteiger partial charge is 0.494 e. The van der Waals surface area contributed by atoms with Crippen molar-refractivity contribution in [3.63, 3.8) is 0 Å². The van der Waals surface area contributed by atoms with E-state index in [1.807, 2.05) is 0 Å². The van der Waals surface area contributed by atoms with E-state index in [0.717, 1.165) is 12.1 Å². The summed E-state index contributed by atoms with van der Waals surface area (Å²) < 4.78 is 68.8. The number of methoxy groups -OCH3 is 2. The van der Waals surface area contributed by atoms with Gasteiger partial charge in [0.15, 0.2) is 0 Å². The van der Waals surface area contributed by atoms with Gasteiger partial charge < -0.3 is 19.9 Å². The van der Waals surface area contributed by atoms with Crippen LogP contribution in [0.15, 0.2) is 60.8 Å². The number of carbonyl (C=O) groups is 1. The van der Waals surface area contributed by atoms with Crippen LogP contribution in [0.25, 0.3) is 22.2 Å². The molecule has 0 aliphatic heterocycles. The number of amides is 1. The molecule has 2 N–H and O–H groups in total. The molecule has 0 aliphatic carbocycles. The van der Waals surface area contributed by atoms with E-state index in [2.05, 4.69) is 15.3 Å². The SMILES string of the molecule is COc1ccc(C(CCO)(CNC(=O)c2cc(OC)c3ncccc3c2)C(F)(F)F)nc1-c1ccc(F)c(Cl)c1. The Kier molecular flexibility index (Phi) is 8.45. The molecule has 0 saturated carbocycles. The van der Waals surface area contributed by atoms with Crippen molar-refractivity contribution in [2.45, 2.75) is 18.0 Å². The number of halogens is 5. The van der Waals surface area contributed by atoms with E-state index in [4.69, 9.17) is 21.1 Å². The molecule has 2 heterocycles. The number of rotatable bonds is 9. The number of nitrogens with one attached hydrogen (secondary N) is 1. The molecule has 0 bridgehead atoms.